The van der Waals surface area contributed by atoms with E-state index in [0.29, 0.717) is 12.8 Å². The molecule has 0 bridgehead atoms. The number of carbonyl (C=O) groups is 1. The van der Waals surface area contributed by atoms with Crippen LogP contribution in [0.5, 0.6) is 0 Å². The molecule has 4 heteroatoms. The summed E-state index contributed by atoms with van der Waals surface area (Å²) in [6.45, 7) is 3.04. The van der Waals surface area contributed by atoms with Crippen molar-refractivity contribution < 1.29 is 9.90 Å². The number of unbranched alkanes of at least 4 members (excludes halogenated alkanes) is 1. The molecule has 0 saturated carbocycles. The summed E-state index contributed by atoms with van der Waals surface area (Å²) in [5, 5.41) is 13.3. The van der Waals surface area contributed by atoms with E-state index in [1.165, 1.54) is 5.56 Å². The van der Waals surface area contributed by atoms with Crippen LogP contribution in [0.2, 0.25) is 0 Å². The lowest BCUT2D eigenvalue weighted by molar-refractivity contribution is -0.141. The van der Waals surface area contributed by atoms with Crippen molar-refractivity contribution in [3.8, 4) is 0 Å². The van der Waals surface area contributed by atoms with Crippen molar-refractivity contribution in [2.24, 2.45) is 5.92 Å². The quantitative estimate of drug-likeness (QED) is 0.624. The van der Waals surface area contributed by atoms with E-state index in [9.17, 15) is 9.90 Å². The van der Waals surface area contributed by atoms with E-state index in [2.05, 4.69) is 47.6 Å². The van der Waals surface area contributed by atoms with E-state index in [4.69, 9.17) is 0 Å². The van der Waals surface area contributed by atoms with Crippen LogP contribution >= 0.6 is 0 Å². The third-order valence-corrected chi connectivity index (χ3v) is 5.25. The molecule has 1 aliphatic rings. The van der Waals surface area contributed by atoms with Gasteiger partial charge in [-0.25, -0.2) is 0 Å². The number of benzene rings is 2. The monoisotopic (exact) mass is 378 g/mol. The molecule has 0 aromatic heterocycles. The van der Waals surface area contributed by atoms with Gasteiger partial charge in [0.15, 0.2) is 0 Å². The van der Waals surface area contributed by atoms with Crippen LogP contribution in [0.3, 0.4) is 0 Å². The normalized spacial score (nSPS) is 17.1. The third kappa shape index (κ3) is 5.62. The van der Waals surface area contributed by atoms with Crippen molar-refractivity contribution >= 4 is 5.97 Å². The number of allylic oxidation sites excluding steroid dienone is 1. The molecule has 0 saturated heterocycles. The van der Waals surface area contributed by atoms with Gasteiger partial charge in [-0.1, -0.05) is 74.0 Å². The largest absolute Gasteiger partial charge is 0.481 e. The van der Waals surface area contributed by atoms with Gasteiger partial charge >= 0.3 is 5.97 Å². The Kier molecular flexibility index (Phi) is 7.12. The highest BCUT2D eigenvalue weighted by atomic mass is 16.4. The average Bonchev–Trinajstić information content (AvgIpc) is 3.08. The Bertz CT molecular complexity index is 774. The maximum absolute atomic E-state index is 11.8. The standard InChI is InChI=1S/C24H30N2O2/c1-2-3-14-23-25-22(18-26(23)17-20-12-8-5-9-13-20)16-21(24(27)28)15-19-10-6-4-7-11-19/h4-13,18,21,23,25H,2-3,14-17H2,1H3,(H,27,28). The molecule has 0 radical (unpaired) electrons. The van der Waals surface area contributed by atoms with Crippen molar-refractivity contribution in [2.75, 3.05) is 0 Å². The summed E-state index contributed by atoms with van der Waals surface area (Å²) in [5.74, 6) is -1.16. The van der Waals surface area contributed by atoms with E-state index >= 15 is 0 Å². The summed E-state index contributed by atoms with van der Waals surface area (Å²) in [7, 11) is 0. The molecular formula is C24H30N2O2. The van der Waals surface area contributed by atoms with Crippen LogP contribution in [-0.2, 0) is 17.8 Å². The van der Waals surface area contributed by atoms with E-state index < -0.39 is 11.9 Å². The SMILES string of the molecule is CCCCC1NC(CC(Cc2ccccc2)C(=O)O)=CN1Cc1ccccc1. The molecule has 1 aliphatic heterocycles. The first-order chi connectivity index (χ1) is 13.7. The van der Waals surface area contributed by atoms with E-state index in [-0.39, 0.29) is 6.17 Å². The van der Waals surface area contributed by atoms with E-state index in [1.807, 2.05) is 36.4 Å². The Labute approximate surface area is 167 Å². The van der Waals surface area contributed by atoms with E-state index in [0.717, 1.165) is 37.1 Å². The van der Waals surface area contributed by atoms with Crippen LogP contribution in [0.1, 0.15) is 43.7 Å². The fraction of sp³-hybridized carbons (Fsp3) is 0.375. The molecule has 2 aromatic carbocycles. The number of aliphatic carboxylic acids is 1. The highest BCUT2D eigenvalue weighted by Gasteiger charge is 2.27. The third-order valence-electron chi connectivity index (χ3n) is 5.25. The molecule has 148 valence electrons. The first kappa shape index (κ1) is 20.0. The van der Waals surface area contributed by atoms with Crippen LogP contribution in [0.25, 0.3) is 0 Å². The molecule has 3 rings (SSSR count). The Morgan fingerprint density at radius 3 is 2.29 bits per heavy atom. The maximum atomic E-state index is 11.8. The molecule has 0 fully saturated rings. The molecule has 28 heavy (non-hydrogen) atoms. The van der Waals surface area contributed by atoms with Crippen LogP contribution in [-0.4, -0.2) is 22.1 Å². The fourth-order valence-electron chi connectivity index (χ4n) is 3.73. The summed E-state index contributed by atoms with van der Waals surface area (Å²) >= 11 is 0. The molecule has 2 aromatic rings. The van der Waals surface area contributed by atoms with Crippen molar-refractivity contribution in [3.05, 3.63) is 83.7 Å². The summed E-state index contributed by atoms with van der Waals surface area (Å²) in [6, 6.07) is 20.3. The highest BCUT2D eigenvalue weighted by molar-refractivity contribution is 5.70. The van der Waals surface area contributed by atoms with Gasteiger partial charge in [-0.05, 0) is 30.4 Å². The summed E-state index contributed by atoms with van der Waals surface area (Å²) in [5.41, 5.74) is 3.36. The van der Waals surface area contributed by atoms with Crippen molar-refractivity contribution in [2.45, 2.75) is 51.7 Å². The lowest BCUT2D eigenvalue weighted by Gasteiger charge is -2.26. The van der Waals surface area contributed by atoms with Crippen molar-refractivity contribution in [3.63, 3.8) is 0 Å². The highest BCUT2D eigenvalue weighted by Crippen LogP contribution is 2.25. The molecule has 2 atom stereocenters. The molecule has 1 heterocycles. The topological polar surface area (TPSA) is 52.6 Å². The van der Waals surface area contributed by atoms with Crippen LogP contribution < -0.4 is 5.32 Å². The van der Waals surface area contributed by atoms with Gasteiger partial charge in [0.25, 0.3) is 0 Å². The molecule has 2 N–H and O–H groups in total. The number of hydrogen-bond acceptors (Lipinski definition) is 3. The van der Waals surface area contributed by atoms with Crippen LogP contribution in [0.15, 0.2) is 72.6 Å². The van der Waals surface area contributed by atoms with E-state index in [1.54, 1.807) is 0 Å². The van der Waals surface area contributed by atoms with Gasteiger partial charge in [0, 0.05) is 24.9 Å². The molecule has 2 unspecified atom stereocenters. The first-order valence-corrected chi connectivity index (χ1v) is 10.2. The zero-order chi connectivity index (χ0) is 19.8. The molecule has 4 nitrogen and oxygen atoms in total. The Hall–Kier alpha value is -2.75. The average molecular weight is 379 g/mol. The molecular weight excluding hydrogens is 348 g/mol. The smallest absolute Gasteiger partial charge is 0.307 e. The molecule has 0 aliphatic carbocycles. The molecule has 0 spiro atoms. The second kappa shape index (κ2) is 9.98. The van der Waals surface area contributed by atoms with Crippen molar-refractivity contribution in [1.29, 1.82) is 0 Å². The zero-order valence-corrected chi connectivity index (χ0v) is 16.6. The van der Waals surface area contributed by atoms with Gasteiger partial charge in [-0.3, -0.25) is 4.79 Å². The van der Waals surface area contributed by atoms with Crippen LogP contribution in [0.4, 0.5) is 0 Å². The zero-order valence-electron chi connectivity index (χ0n) is 16.6. The number of nitrogens with zero attached hydrogens (tertiary/aromatic N) is 1. The van der Waals surface area contributed by atoms with Crippen LogP contribution in [0, 0.1) is 5.92 Å². The second-order valence-electron chi connectivity index (χ2n) is 7.54. The number of rotatable bonds is 10. The van der Waals surface area contributed by atoms with Gasteiger partial charge in [0.05, 0.1) is 12.1 Å². The maximum Gasteiger partial charge on any atom is 0.307 e. The Balaban J connectivity index is 1.69. The first-order valence-electron chi connectivity index (χ1n) is 10.2. The summed E-state index contributed by atoms with van der Waals surface area (Å²) in [6.07, 6.45) is 6.80. The van der Waals surface area contributed by atoms with Gasteiger partial charge in [0.2, 0.25) is 0 Å². The van der Waals surface area contributed by atoms with Gasteiger partial charge in [-0.2, -0.15) is 0 Å². The van der Waals surface area contributed by atoms with Gasteiger partial charge in [-0.15, -0.1) is 0 Å². The predicted octanol–water partition coefficient (Wildman–Crippen LogP) is 4.78. The second-order valence-corrected chi connectivity index (χ2v) is 7.54. The molecule has 0 amide bonds. The van der Waals surface area contributed by atoms with Crippen molar-refractivity contribution in [1.82, 2.24) is 10.2 Å². The number of nitrogens with one attached hydrogen (secondary N) is 1. The Morgan fingerprint density at radius 1 is 1.04 bits per heavy atom. The van der Waals surface area contributed by atoms with Gasteiger partial charge in [0.1, 0.15) is 0 Å². The minimum atomic E-state index is -0.738. The number of carboxylic acid groups (broad SMARTS) is 1. The summed E-state index contributed by atoms with van der Waals surface area (Å²) < 4.78 is 0. The predicted molar refractivity (Wildman–Crippen MR) is 112 cm³/mol. The lowest BCUT2D eigenvalue weighted by atomic mass is 9.95. The minimum absolute atomic E-state index is 0.237. The summed E-state index contributed by atoms with van der Waals surface area (Å²) in [4.78, 5) is 14.2. The fourth-order valence-corrected chi connectivity index (χ4v) is 3.73. The number of hydrogen-bond donors (Lipinski definition) is 2. The minimum Gasteiger partial charge on any atom is -0.481 e. The van der Waals surface area contributed by atoms with Gasteiger partial charge < -0.3 is 15.3 Å². The lowest BCUT2D eigenvalue weighted by Crippen LogP contribution is -2.36. The Morgan fingerprint density at radius 2 is 1.68 bits per heavy atom. The number of carboxylic acids is 1.